The van der Waals surface area contributed by atoms with Gasteiger partial charge in [0.05, 0.1) is 14.2 Å². The van der Waals surface area contributed by atoms with Crippen molar-refractivity contribution in [3.8, 4) is 11.5 Å². The second kappa shape index (κ2) is 5.75. The number of nitrogens with two attached hydrogens (primary N) is 1. The zero-order chi connectivity index (χ0) is 12.1. The topological polar surface area (TPSA) is 44.5 Å². The van der Waals surface area contributed by atoms with Gasteiger partial charge in [0.2, 0.25) is 0 Å². The average molecular weight is 223 g/mol. The lowest BCUT2D eigenvalue weighted by molar-refractivity contribution is 0.352. The van der Waals surface area contributed by atoms with Gasteiger partial charge in [-0.2, -0.15) is 0 Å². The van der Waals surface area contributed by atoms with E-state index in [9.17, 15) is 0 Å². The maximum atomic E-state index is 5.54. The number of benzene rings is 1. The van der Waals surface area contributed by atoms with Crippen LogP contribution in [0.15, 0.2) is 6.07 Å². The molecule has 0 aliphatic rings. The summed E-state index contributed by atoms with van der Waals surface area (Å²) in [6.45, 7) is 4.89. The molecule has 0 bridgehead atoms. The lowest BCUT2D eigenvalue weighted by atomic mass is 9.98. The zero-order valence-corrected chi connectivity index (χ0v) is 10.6. The van der Waals surface area contributed by atoms with Crippen LogP contribution in [0.3, 0.4) is 0 Å². The number of ether oxygens (including phenoxy) is 2. The maximum Gasteiger partial charge on any atom is 0.163 e. The van der Waals surface area contributed by atoms with E-state index in [1.807, 2.05) is 0 Å². The summed E-state index contributed by atoms with van der Waals surface area (Å²) in [6, 6.07) is 2.05. The molecule has 0 amide bonds. The van der Waals surface area contributed by atoms with Gasteiger partial charge in [0, 0.05) is 0 Å². The molecule has 0 aliphatic heterocycles. The van der Waals surface area contributed by atoms with E-state index in [0.29, 0.717) is 6.54 Å². The molecule has 3 nitrogen and oxygen atoms in total. The van der Waals surface area contributed by atoms with Crippen LogP contribution in [0.4, 0.5) is 0 Å². The Hall–Kier alpha value is -1.22. The monoisotopic (exact) mass is 223 g/mol. The van der Waals surface area contributed by atoms with E-state index in [1.54, 1.807) is 14.2 Å². The van der Waals surface area contributed by atoms with Crippen LogP contribution in [0.25, 0.3) is 0 Å². The highest BCUT2D eigenvalue weighted by atomic mass is 16.5. The molecule has 16 heavy (non-hydrogen) atoms. The summed E-state index contributed by atoms with van der Waals surface area (Å²) in [5.41, 5.74) is 9.24. The molecule has 0 aliphatic carbocycles. The van der Waals surface area contributed by atoms with E-state index >= 15 is 0 Å². The highest BCUT2D eigenvalue weighted by Gasteiger charge is 2.13. The van der Waals surface area contributed by atoms with Crippen molar-refractivity contribution in [1.82, 2.24) is 0 Å². The van der Waals surface area contributed by atoms with Gasteiger partial charge in [0.15, 0.2) is 11.5 Å². The zero-order valence-electron chi connectivity index (χ0n) is 10.6. The summed E-state index contributed by atoms with van der Waals surface area (Å²) in [4.78, 5) is 0. The predicted molar refractivity (Wildman–Crippen MR) is 66.4 cm³/mol. The standard InChI is InChI=1S/C13H21NO2/c1-9-10(2)13(16-4)12(15-3)8-11(9)6-5-7-14/h8H,5-7,14H2,1-4H3. The molecular formula is C13H21NO2. The van der Waals surface area contributed by atoms with Gasteiger partial charge < -0.3 is 15.2 Å². The number of hydrogen-bond acceptors (Lipinski definition) is 3. The van der Waals surface area contributed by atoms with Gasteiger partial charge in [-0.05, 0) is 56.0 Å². The fourth-order valence-corrected chi connectivity index (χ4v) is 1.89. The molecular weight excluding hydrogens is 202 g/mol. The van der Waals surface area contributed by atoms with Crippen LogP contribution in [0.1, 0.15) is 23.1 Å². The van der Waals surface area contributed by atoms with Crippen molar-refractivity contribution in [2.24, 2.45) is 5.73 Å². The number of hydrogen-bond donors (Lipinski definition) is 1. The fourth-order valence-electron chi connectivity index (χ4n) is 1.89. The van der Waals surface area contributed by atoms with Crippen LogP contribution >= 0.6 is 0 Å². The van der Waals surface area contributed by atoms with Crippen molar-refractivity contribution in [2.75, 3.05) is 20.8 Å². The first-order chi connectivity index (χ1) is 7.65. The molecule has 0 fully saturated rings. The first kappa shape index (κ1) is 12.8. The predicted octanol–water partition coefficient (Wildman–Crippen LogP) is 2.21. The van der Waals surface area contributed by atoms with Crippen molar-refractivity contribution in [1.29, 1.82) is 0 Å². The number of aryl methyl sites for hydroxylation is 1. The van der Waals surface area contributed by atoms with E-state index in [0.717, 1.165) is 29.9 Å². The summed E-state index contributed by atoms with van der Waals surface area (Å²) >= 11 is 0. The second-order valence-electron chi connectivity index (χ2n) is 3.91. The Balaban J connectivity index is 3.16. The van der Waals surface area contributed by atoms with Gasteiger partial charge in [0.1, 0.15) is 0 Å². The normalized spacial score (nSPS) is 10.3. The Morgan fingerprint density at radius 3 is 2.31 bits per heavy atom. The quantitative estimate of drug-likeness (QED) is 0.832. The van der Waals surface area contributed by atoms with Crippen molar-refractivity contribution in [2.45, 2.75) is 26.7 Å². The average Bonchev–Trinajstić information content (AvgIpc) is 2.30. The molecule has 0 heterocycles. The summed E-state index contributed by atoms with van der Waals surface area (Å²) in [6.07, 6.45) is 1.99. The van der Waals surface area contributed by atoms with Gasteiger partial charge in [-0.1, -0.05) is 0 Å². The largest absolute Gasteiger partial charge is 0.493 e. The maximum absolute atomic E-state index is 5.54. The highest BCUT2D eigenvalue weighted by Crippen LogP contribution is 2.35. The van der Waals surface area contributed by atoms with Crippen LogP contribution in [0, 0.1) is 13.8 Å². The summed E-state index contributed by atoms with van der Waals surface area (Å²) in [5.74, 6) is 1.63. The van der Waals surface area contributed by atoms with Gasteiger partial charge in [-0.25, -0.2) is 0 Å². The van der Waals surface area contributed by atoms with Crippen molar-refractivity contribution in [3.63, 3.8) is 0 Å². The van der Waals surface area contributed by atoms with Crippen molar-refractivity contribution >= 4 is 0 Å². The summed E-state index contributed by atoms with van der Waals surface area (Å²) in [7, 11) is 3.34. The van der Waals surface area contributed by atoms with Gasteiger partial charge >= 0.3 is 0 Å². The molecule has 1 aromatic carbocycles. The van der Waals surface area contributed by atoms with Crippen molar-refractivity contribution < 1.29 is 9.47 Å². The minimum absolute atomic E-state index is 0.715. The molecule has 0 radical (unpaired) electrons. The Kier molecular flexibility index (Phi) is 4.62. The molecule has 90 valence electrons. The smallest absolute Gasteiger partial charge is 0.163 e. The second-order valence-corrected chi connectivity index (χ2v) is 3.91. The number of rotatable bonds is 5. The van der Waals surface area contributed by atoms with Crippen LogP contribution in [-0.4, -0.2) is 20.8 Å². The van der Waals surface area contributed by atoms with Crippen LogP contribution in [0.5, 0.6) is 11.5 Å². The summed E-state index contributed by atoms with van der Waals surface area (Å²) < 4.78 is 10.7. The lowest BCUT2D eigenvalue weighted by Crippen LogP contribution is -2.04. The van der Waals surface area contributed by atoms with Gasteiger partial charge in [-0.3, -0.25) is 0 Å². The molecule has 0 atom stereocenters. The molecule has 0 aromatic heterocycles. The van der Waals surface area contributed by atoms with Crippen molar-refractivity contribution in [3.05, 3.63) is 22.8 Å². The third-order valence-electron chi connectivity index (χ3n) is 2.99. The Morgan fingerprint density at radius 2 is 1.81 bits per heavy atom. The Bertz CT molecular complexity index is 361. The van der Waals surface area contributed by atoms with Crippen LogP contribution in [0.2, 0.25) is 0 Å². The molecule has 1 rings (SSSR count). The highest BCUT2D eigenvalue weighted by molar-refractivity contribution is 5.53. The Labute approximate surface area is 97.6 Å². The third kappa shape index (κ3) is 2.47. The first-order valence-corrected chi connectivity index (χ1v) is 5.56. The third-order valence-corrected chi connectivity index (χ3v) is 2.99. The van der Waals surface area contributed by atoms with E-state index in [2.05, 4.69) is 19.9 Å². The molecule has 0 saturated heterocycles. The lowest BCUT2D eigenvalue weighted by Gasteiger charge is -2.16. The van der Waals surface area contributed by atoms with Gasteiger partial charge in [-0.15, -0.1) is 0 Å². The molecule has 1 aromatic rings. The molecule has 0 saturated carbocycles. The minimum atomic E-state index is 0.715. The van der Waals surface area contributed by atoms with E-state index in [-0.39, 0.29) is 0 Å². The first-order valence-electron chi connectivity index (χ1n) is 5.56. The molecule has 3 heteroatoms. The molecule has 0 unspecified atom stereocenters. The molecule has 2 N–H and O–H groups in total. The van der Waals surface area contributed by atoms with Crippen LogP contribution < -0.4 is 15.2 Å². The number of methoxy groups -OCH3 is 2. The summed E-state index contributed by atoms with van der Waals surface area (Å²) in [5, 5.41) is 0. The van der Waals surface area contributed by atoms with E-state index < -0.39 is 0 Å². The van der Waals surface area contributed by atoms with E-state index in [4.69, 9.17) is 15.2 Å². The van der Waals surface area contributed by atoms with Gasteiger partial charge in [0.25, 0.3) is 0 Å². The SMILES string of the molecule is COc1cc(CCCN)c(C)c(C)c1OC. The minimum Gasteiger partial charge on any atom is -0.493 e. The van der Waals surface area contributed by atoms with Crippen LogP contribution in [-0.2, 0) is 6.42 Å². The Morgan fingerprint density at radius 1 is 1.12 bits per heavy atom. The fraction of sp³-hybridized carbons (Fsp3) is 0.538. The molecule has 0 spiro atoms. The van der Waals surface area contributed by atoms with E-state index in [1.165, 1.54) is 11.1 Å².